The van der Waals surface area contributed by atoms with Gasteiger partial charge < -0.3 is 10.1 Å². The Morgan fingerprint density at radius 3 is 2.69 bits per heavy atom. The van der Waals surface area contributed by atoms with Crippen LogP contribution in [0, 0.1) is 12.3 Å². The van der Waals surface area contributed by atoms with Gasteiger partial charge in [-0.1, -0.05) is 13.3 Å². The molecule has 0 radical (unpaired) electrons. The van der Waals surface area contributed by atoms with Gasteiger partial charge >= 0.3 is 0 Å². The molecule has 1 N–H and O–H groups in total. The number of hydrogen-bond donors (Lipinski definition) is 1. The second-order valence-electron chi connectivity index (χ2n) is 3.02. The molecule has 0 spiro atoms. The summed E-state index contributed by atoms with van der Waals surface area (Å²) in [4.78, 5) is 0. The summed E-state index contributed by atoms with van der Waals surface area (Å²) in [5.41, 5.74) is 0. The molecule has 2 nitrogen and oxygen atoms in total. The van der Waals surface area contributed by atoms with Crippen LogP contribution in [0.2, 0.25) is 0 Å². The fourth-order valence-electron chi connectivity index (χ4n) is 0.933. The van der Waals surface area contributed by atoms with Crippen molar-refractivity contribution in [2.75, 3.05) is 26.3 Å². The average Bonchev–Trinajstić information content (AvgIpc) is 2.16. The molecular weight excluding hydrogens is 162 g/mol. The summed E-state index contributed by atoms with van der Waals surface area (Å²) in [7, 11) is 0. The normalized spacial score (nSPS) is 9.85. The first-order chi connectivity index (χ1) is 6.41. The Balaban J connectivity index is 2.80. The number of ether oxygens (including phenoxy) is 1. The zero-order valence-corrected chi connectivity index (χ0v) is 8.64. The van der Waals surface area contributed by atoms with Crippen LogP contribution in [0.1, 0.15) is 32.6 Å². The Kier molecular flexibility index (Phi) is 11.0. The molecule has 0 unspecified atom stereocenters. The molecule has 0 aromatic carbocycles. The van der Waals surface area contributed by atoms with Gasteiger partial charge in [-0.05, 0) is 19.4 Å². The largest absolute Gasteiger partial charge is 0.381 e. The number of rotatable bonds is 9. The minimum Gasteiger partial charge on any atom is -0.381 e. The van der Waals surface area contributed by atoms with Gasteiger partial charge in [-0.25, -0.2) is 0 Å². The molecule has 0 aliphatic rings. The highest BCUT2D eigenvalue weighted by Crippen LogP contribution is 1.88. The summed E-state index contributed by atoms with van der Waals surface area (Å²) < 4.78 is 5.40. The third-order valence-corrected chi connectivity index (χ3v) is 1.73. The van der Waals surface area contributed by atoms with Crippen LogP contribution in [0.25, 0.3) is 0 Å². The van der Waals surface area contributed by atoms with E-state index in [0.717, 1.165) is 39.1 Å². The Morgan fingerprint density at radius 2 is 2.00 bits per heavy atom. The minimum absolute atomic E-state index is 0.816. The number of unbranched alkanes of at least 4 members (excludes halogenated alkanes) is 1. The van der Waals surface area contributed by atoms with Crippen molar-refractivity contribution in [2.45, 2.75) is 32.6 Å². The molecule has 0 heterocycles. The highest BCUT2D eigenvalue weighted by atomic mass is 16.5. The van der Waals surface area contributed by atoms with Gasteiger partial charge in [-0.3, -0.25) is 0 Å². The average molecular weight is 183 g/mol. The fraction of sp³-hybridized carbons (Fsp3) is 0.818. The van der Waals surface area contributed by atoms with Crippen molar-refractivity contribution < 1.29 is 4.74 Å². The number of hydrogen-bond acceptors (Lipinski definition) is 2. The van der Waals surface area contributed by atoms with Crippen LogP contribution in [0.15, 0.2) is 0 Å². The van der Waals surface area contributed by atoms with Gasteiger partial charge in [0.15, 0.2) is 0 Å². The molecule has 0 aromatic heterocycles. The van der Waals surface area contributed by atoms with Crippen LogP contribution in [-0.2, 0) is 4.74 Å². The monoisotopic (exact) mass is 183 g/mol. The van der Waals surface area contributed by atoms with E-state index in [9.17, 15) is 0 Å². The van der Waals surface area contributed by atoms with Crippen molar-refractivity contribution in [1.29, 1.82) is 0 Å². The first kappa shape index (κ1) is 12.5. The van der Waals surface area contributed by atoms with Crippen LogP contribution in [0.3, 0.4) is 0 Å². The van der Waals surface area contributed by atoms with Crippen LogP contribution in [0.4, 0.5) is 0 Å². The van der Waals surface area contributed by atoms with Crippen molar-refractivity contribution in [2.24, 2.45) is 0 Å². The maximum atomic E-state index is 5.40. The van der Waals surface area contributed by atoms with Gasteiger partial charge in [0.2, 0.25) is 0 Å². The second-order valence-corrected chi connectivity index (χ2v) is 3.02. The van der Waals surface area contributed by atoms with Crippen LogP contribution in [-0.4, -0.2) is 26.3 Å². The molecule has 0 bridgehead atoms. The summed E-state index contributed by atoms with van der Waals surface area (Å²) in [6.07, 6.45) is 9.38. The summed E-state index contributed by atoms with van der Waals surface area (Å²) >= 11 is 0. The predicted molar refractivity (Wildman–Crippen MR) is 56.7 cm³/mol. The lowest BCUT2D eigenvalue weighted by atomic mass is 10.3. The van der Waals surface area contributed by atoms with Crippen LogP contribution >= 0.6 is 0 Å². The first-order valence-electron chi connectivity index (χ1n) is 5.13. The SMILES string of the molecule is C#CCCNCCCOCCCC. The third-order valence-electron chi connectivity index (χ3n) is 1.73. The van der Waals surface area contributed by atoms with E-state index in [0.29, 0.717) is 0 Å². The third kappa shape index (κ3) is 11.5. The van der Waals surface area contributed by atoms with E-state index >= 15 is 0 Å². The van der Waals surface area contributed by atoms with Crippen molar-refractivity contribution in [3.8, 4) is 12.3 Å². The van der Waals surface area contributed by atoms with E-state index in [2.05, 4.69) is 18.2 Å². The minimum atomic E-state index is 0.816. The van der Waals surface area contributed by atoms with Crippen molar-refractivity contribution >= 4 is 0 Å². The van der Waals surface area contributed by atoms with Gasteiger partial charge in [0.25, 0.3) is 0 Å². The van der Waals surface area contributed by atoms with E-state index in [1.165, 1.54) is 12.8 Å². The lowest BCUT2D eigenvalue weighted by Gasteiger charge is -2.03. The molecule has 13 heavy (non-hydrogen) atoms. The van der Waals surface area contributed by atoms with Crippen molar-refractivity contribution in [3.05, 3.63) is 0 Å². The van der Waals surface area contributed by atoms with Gasteiger partial charge in [0.1, 0.15) is 0 Å². The van der Waals surface area contributed by atoms with E-state index < -0.39 is 0 Å². The Bertz CT molecular complexity index is 129. The molecule has 0 fully saturated rings. The molecule has 0 aliphatic carbocycles. The Morgan fingerprint density at radius 1 is 1.23 bits per heavy atom. The highest BCUT2D eigenvalue weighted by molar-refractivity contribution is 4.83. The summed E-state index contributed by atoms with van der Waals surface area (Å²) in [6.45, 7) is 5.87. The zero-order chi connectivity index (χ0) is 9.78. The summed E-state index contributed by atoms with van der Waals surface area (Å²) in [6, 6.07) is 0. The Labute approximate surface area is 82.1 Å². The molecule has 0 saturated carbocycles. The predicted octanol–water partition coefficient (Wildman–Crippen LogP) is 1.81. The molecule has 0 aromatic rings. The smallest absolute Gasteiger partial charge is 0.0478 e. The van der Waals surface area contributed by atoms with Crippen molar-refractivity contribution in [3.63, 3.8) is 0 Å². The summed E-state index contributed by atoms with van der Waals surface area (Å²) in [5, 5.41) is 3.25. The van der Waals surface area contributed by atoms with Gasteiger partial charge in [-0.2, -0.15) is 0 Å². The molecule has 76 valence electrons. The van der Waals surface area contributed by atoms with E-state index in [1.807, 2.05) is 0 Å². The molecule has 0 rings (SSSR count). The second kappa shape index (κ2) is 11.5. The standard InChI is InChI=1S/C11H21NO/c1-3-5-8-12-9-7-11-13-10-6-4-2/h1,12H,4-11H2,2H3. The lowest BCUT2D eigenvalue weighted by molar-refractivity contribution is 0.129. The summed E-state index contributed by atoms with van der Waals surface area (Å²) in [5.74, 6) is 2.59. The number of terminal acetylenes is 1. The van der Waals surface area contributed by atoms with Gasteiger partial charge in [-0.15, -0.1) is 12.3 Å². The molecule has 0 aliphatic heterocycles. The molecule has 0 saturated heterocycles. The topological polar surface area (TPSA) is 21.3 Å². The van der Waals surface area contributed by atoms with Gasteiger partial charge in [0.05, 0.1) is 0 Å². The maximum Gasteiger partial charge on any atom is 0.0478 e. The lowest BCUT2D eigenvalue weighted by Crippen LogP contribution is -2.17. The molecule has 0 atom stereocenters. The van der Waals surface area contributed by atoms with Crippen molar-refractivity contribution in [1.82, 2.24) is 5.32 Å². The Hall–Kier alpha value is -0.520. The van der Waals surface area contributed by atoms with E-state index in [-0.39, 0.29) is 0 Å². The zero-order valence-electron chi connectivity index (χ0n) is 8.64. The van der Waals surface area contributed by atoms with E-state index in [4.69, 9.17) is 11.2 Å². The van der Waals surface area contributed by atoms with Gasteiger partial charge in [0, 0.05) is 26.2 Å². The first-order valence-corrected chi connectivity index (χ1v) is 5.13. The maximum absolute atomic E-state index is 5.40. The highest BCUT2D eigenvalue weighted by Gasteiger charge is 1.88. The van der Waals surface area contributed by atoms with E-state index in [1.54, 1.807) is 0 Å². The number of nitrogens with one attached hydrogen (secondary N) is 1. The van der Waals surface area contributed by atoms with Crippen LogP contribution in [0.5, 0.6) is 0 Å². The molecule has 2 heteroatoms. The molecular formula is C11H21NO. The molecule has 0 amide bonds. The quantitative estimate of drug-likeness (QED) is 0.435. The van der Waals surface area contributed by atoms with Crippen LogP contribution < -0.4 is 5.32 Å². The fourth-order valence-corrected chi connectivity index (χ4v) is 0.933.